The summed E-state index contributed by atoms with van der Waals surface area (Å²) in [6.07, 6.45) is -0.820. The molecule has 0 heterocycles. The second-order valence-corrected chi connectivity index (χ2v) is 11.1. The van der Waals surface area contributed by atoms with Crippen molar-refractivity contribution in [2.24, 2.45) is 0 Å². The van der Waals surface area contributed by atoms with E-state index in [0.29, 0.717) is 11.4 Å². The number of hydrogen-bond donors (Lipinski definition) is 4. The van der Waals surface area contributed by atoms with Gasteiger partial charge in [0.1, 0.15) is 5.75 Å². The highest BCUT2D eigenvalue weighted by Crippen LogP contribution is 2.29. The molecule has 0 unspecified atom stereocenters. The van der Waals surface area contributed by atoms with Crippen LogP contribution >= 0.6 is 0 Å². The van der Waals surface area contributed by atoms with Gasteiger partial charge >= 0.3 is 12.0 Å². The summed E-state index contributed by atoms with van der Waals surface area (Å²) >= 11 is 0. The van der Waals surface area contributed by atoms with Crippen LogP contribution in [0.2, 0.25) is 0 Å². The fourth-order valence-electron chi connectivity index (χ4n) is 4.70. The number of carboxylic acids is 1. The number of nitrogens with one attached hydrogen (secondary N) is 3. The van der Waals surface area contributed by atoms with Crippen LogP contribution in [0.1, 0.15) is 54.7 Å². The lowest BCUT2D eigenvalue weighted by Gasteiger charge is -2.29. The molecule has 0 aliphatic rings. The van der Waals surface area contributed by atoms with Gasteiger partial charge in [-0.3, -0.25) is 4.79 Å². The van der Waals surface area contributed by atoms with E-state index in [-0.39, 0.29) is 11.3 Å². The Labute approximate surface area is 241 Å². The molecule has 41 heavy (non-hydrogen) atoms. The average Bonchev–Trinajstić information content (AvgIpc) is 2.88. The van der Waals surface area contributed by atoms with Crippen molar-refractivity contribution >= 4 is 29.3 Å². The minimum Gasteiger partial charge on any atom is -0.497 e. The molecular formula is C32H39N3O6. The number of anilines is 2. The molecule has 0 fully saturated rings. The van der Waals surface area contributed by atoms with E-state index in [4.69, 9.17) is 9.47 Å². The maximum Gasteiger partial charge on any atom is 0.328 e. The normalized spacial score (nSPS) is 12.7. The number of aryl methyl sites for hydroxylation is 3. The number of carbonyl (C=O) groups is 3. The fraction of sp³-hybridized carbons (Fsp3) is 0.344. The summed E-state index contributed by atoms with van der Waals surface area (Å²) < 4.78 is 11.1. The molecule has 0 saturated carbocycles. The Balaban J connectivity index is 1.98. The van der Waals surface area contributed by atoms with E-state index in [9.17, 15) is 19.5 Å². The summed E-state index contributed by atoms with van der Waals surface area (Å²) in [6, 6.07) is 14.4. The van der Waals surface area contributed by atoms with Crippen LogP contribution in [0.25, 0.3) is 11.1 Å². The van der Waals surface area contributed by atoms with Crippen LogP contribution in [-0.4, -0.2) is 47.9 Å². The first-order valence-corrected chi connectivity index (χ1v) is 13.3. The predicted molar refractivity (Wildman–Crippen MR) is 161 cm³/mol. The minimum absolute atomic E-state index is 0.0957. The Morgan fingerprint density at radius 3 is 2.10 bits per heavy atom. The molecule has 0 bridgehead atoms. The van der Waals surface area contributed by atoms with Gasteiger partial charge in [0.2, 0.25) is 0 Å². The number of aliphatic carboxylic acids is 1. The molecule has 0 aliphatic carbocycles. The summed E-state index contributed by atoms with van der Waals surface area (Å²) in [5.74, 6) is -1.25. The van der Waals surface area contributed by atoms with E-state index in [2.05, 4.69) is 16.0 Å². The number of carboxylic acid groups (broad SMARTS) is 1. The molecule has 3 rings (SSSR count). The topological polar surface area (TPSA) is 126 Å². The van der Waals surface area contributed by atoms with Crippen LogP contribution < -0.4 is 20.7 Å². The van der Waals surface area contributed by atoms with E-state index < -0.39 is 35.7 Å². The molecule has 0 saturated heterocycles. The van der Waals surface area contributed by atoms with E-state index in [1.807, 2.05) is 57.2 Å². The molecule has 3 aromatic rings. The van der Waals surface area contributed by atoms with E-state index in [1.165, 1.54) is 0 Å². The van der Waals surface area contributed by atoms with Crippen molar-refractivity contribution in [1.82, 2.24) is 5.32 Å². The average molecular weight is 562 g/mol. The molecule has 4 N–H and O–H groups in total. The maximum atomic E-state index is 13.5. The van der Waals surface area contributed by atoms with Crippen LogP contribution in [0, 0.1) is 20.8 Å². The van der Waals surface area contributed by atoms with Gasteiger partial charge in [-0.05, 0) is 95.0 Å². The number of rotatable bonds is 9. The highest BCUT2D eigenvalue weighted by molar-refractivity contribution is 6.08. The molecule has 0 aliphatic heterocycles. The molecule has 3 aromatic carbocycles. The predicted octanol–water partition coefficient (Wildman–Crippen LogP) is 6.32. The van der Waals surface area contributed by atoms with Crippen LogP contribution in [-0.2, 0) is 9.53 Å². The van der Waals surface area contributed by atoms with Crippen molar-refractivity contribution in [3.8, 4) is 16.9 Å². The Kier molecular flexibility index (Phi) is 9.78. The van der Waals surface area contributed by atoms with Crippen molar-refractivity contribution < 1.29 is 29.0 Å². The van der Waals surface area contributed by atoms with Gasteiger partial charge in [0.25, 0.3) is 5.91 Å². The first-order valence-electron chi connectivity index (χ1n) is 13.3. The first kappa shape index (κ1) is 31.2. The molecule has 218 valence electrons. The standard InChI is InChI=1S/C32H39N3O6/c1-18-14-19(2)27(20(3)15-18)35-31(39)33-26-17-23(22-10-9-11-24(16-22)40-8)12-13-25(26)29(36)34-28(30(37)38)21(4)41-32(5,6)7/h9-17,21,28H,1-8H3,(H,34,36)(H,37,38)(H2,33,35,39)/t21-,28+/m1/s1. The number of hydrogen-bond acceptors (Lipinski definition) is 5. The minimum atomic E-state index is -1.32. The first-order chi connectivity index (χ1) is 19.2. The van der Waals surface area contributed by atoms with Crippen LogP contribution in [0.4, 0.5) is 16.2 Å². The van der Waals surface area contributed by atoms with Crippen molar-refractivity contribution in [3.63, 3.8) is 0 Å². The second kappa shape index (κ2) is 12.9. The summed E-state index contributed by atoms with van der Waals surface area (Å²) in [5, 5.41) is 18.1. The summed E-state index contributed by atoms with van der Waals surface area (Å²) in [7, 11) is 1.57. The highest BCUT2D eigenvalue weighted by atomic mass is 16.5. The quantitative estimate of drug-likeness (QED) is 0.242. The monoisotopic (exact) mass is 561 g/mol. The van der Waals surface area contributed by atoms with E-state index in [0.717, 1.165) is 27.8 Å². The van der Waals surface area contributed by atoms with Gasteiger partial charge < -0.3 is 30.5 Å². The third-order valence-electron chi connectivity index (χ3n) is 6.39. The van der Waals surface area contributed by atoms with Gasteiger partial charge in [-0.15, -0.1) is 0 Å². The summed E-state index contributed by atoms with van der Waals surface area (Å²) in [5.41, 5.74) is 4.76. The van der Waals surface area contributed by atoms with Gasteiger partial charge in [-0.2, -0.15) is 0 Å². The Morgan fingerprint density at radius 1 is 0.878 bits per heavy atom. The number of methoxy groups -OCH3 is 1. The molecule has 0 spiro atoms. The van der Waals surface area contributed by atoms with Crippen molar-refractivity contribution in [3.05, 3.63) is 76.9 Å². The number of amides is 3. The molecule has 9 nitrogen and oxygen atoms in total. The van der Waals surface area contributed by atoms with Crippen molar-refractivity contribution in [2.75, 3.05) is 17.7 Å². The SMILES string of the molecule is COc1cccc(-c2ccc(C(=O)N[C@H](C(=O)O)[C@@H](C)OC(C)(C)C)c(NC(=O)Nc3c(C)cc(C)cc3C)c2)c1. The van der Waals surface area contributed by atoms with Gasteiger partial charge in [-0.25, -0.2) is 9.59 Å². The Morgan fingerprint density at radius 2 is 1.51 bits per heavy atom. The molecule has 2 atom stereocenters. The number of benzene rings is 3. The van der Waals surface area contributed by atoms with Crippen molar-refractivity contribution in [1.29, 1.82) is 0 Å². The van der Waals surface area contributed by atoms with Gasteiger partial charge in [-0.1, -0.05) is 35.9 Å². The summed E-state index contributed by atoms with van der Waals surface area (Å²) in [4.78, 5) is 38.7. The van der Waals surface area contributed by atoms with Crippen LogP contribution in [0.15, 0.2) is 54.6 Å². The van der Waals surface area contributed by atoms with Gasteiger partial charge in [0.15, 0.2) is 6.04 Å². The zero-order valence-electron chi connectivity index (χ0n) is 24.8. The smallest absolute Gasteiger partial charge is 0.328 e. The Hall–Kier alpha value is -4.37. The Bertz CT molecular complexity index is 1420. The van der Waals surface area contributed by atoms with Gasteiger partial charge in [0, 0.05) is 5.69 Å². The van der Waals surface area contributed by atoms with Crippen LogP contribution in [0.5, 0.6) is 5.75 Å². The lowest BCUT2D eigenvalue weighted by Crippen LogP contribution is -2.50. The molecular weight excluding hydrogens is 522 g/mol. The van der Waals surface area contributed by atoms with Crippen LogP contribution in [0.3, 0.4) is 0 Å². The lowest BCUT2D eigenvalue weighted by atomic mass is 10.0. The second-order valence-electron chi connectivity index (χ2n) is 11.1. The fourth-order valence-corrected chi connectivity index (χ4v) is 4.70. The third-order valence-corrected chi connectivity index (χ3v) is 6.39. The number of urea groups is 1. The number of carbonyl (C=O) groups excluding carboxylic acids is 2. The molecule has 0 radical (unpaired) electrons. The van der Waals surface area contributed by atoms with E-state index >= 15 is 0 Å². The maximum absolute atomic E-state index is 13.5. The molecule has 0 aromatic heterocycles. The zero-order chi connectivity index (χ0) is 30.5. The van der Waals surface area contributed by atoms with Crippen molar-refractivity contribution in [2.45, 2.75) is 66.2 Å². The molecule has 9 heteroatoms. The highest BCUT2D eigenvalue weighted by Gasteiger charge is 2.31. The lowest BCUT2D eigenvalue weighted by molar-refractivity contribution is -0.146. The molecule has 3 amide bonds. The summed E-state index contributed by atoms with van der Waals surface area (Å²) in [6.45, 7) is 12.8. The largest absolute Gasteiger partial charge is 0.497 e. The van der Waals surface area contributed by atoms with E-state index in [1.54, 1.807) is 53.0 Å². The third kappa shape index (κ3) is 8.31. The number of ether oxygens (including phenoxy) is 2. The van der Waals surface area contributed by atoms with Gasteiger partial charge in [0.05, 0.1) is 30.1 Å². The zero-order valence-corrected chi connectivity index (χ0v) is 24.8.